The van der Waals surface area contributed by atoms with Crippen LogP contribution in [0.4, 0.5) is 5.95 Å². The SMILES string of the molecule is CC1=C(C(N)=O)[C@@H](c2ccccc2OCc2ccccc2)n2nnnc2N1. The van der Waals surface area contributed by atoms with Crippen molar-refractivity contribution in [3.8, 4) is 5.75 Å². The van der Waals surface area contributed by atoms with E-state index >= 15 is 0 Å². The van der Waals surface area contributed by atoms with Crippen LogP contribution in [0, 0.1) is 0 Å². The van der Waals surface area contributed by atoms with Gasteiger partial charge in [0.1, 0.15) is 18.4 Å². The first-order chi connectivity index (χ1) is 13.1. The molecule has 2 aromatic carbocycles. The van der Waals surface area contributed by atoms with Crippen molar-refractivity contribution in [1.29, 1.82) is 0 Å². The monoisotopic (exact) mass is 362 g/mol. The van der Waals surface area contributed by atoms with E-state index in [9.17, 15) is 4.79 Å². The van der Waals surface area contributed by atoms with E-state index in [-0.39, 0.29) is 0 Å². The molecule has 1 amide bonds. The summed E-state index contributed by atoms with van der Waals surface area (Å²) in [5, 5.41) is 14.7. The predicted molar refractivity (Wildman–Crippen MR) is 98.7 cm³/mol. The van der Waals surface area contributed by atoms with E-state index in [0.29, 0.717) is 29.6 Å². The number of anilines is 1. The number of primary amides is 1. The number of hydrogen-bond acceptors (Lipinski definition) is 6. The zero-order valence-corrected chi connectivity index (χ0v) is 14.7. The molecule has 1 aliphatic rings. The van der Waals surface area contributed by atoms with Gasteiger partial charge in [0.05, 0.1) is 5.57 Å². The van der Waals surface area contributed by atoms with E-state index in [0.717, 1.165) is 11.1 Å². The third-order valence-electron chi connectivity index (χ3n) is 4.43. The Balaban J connectivity index is 1.75. The fourth-order valence-corrected chi connectivity index (χ4v) is 3.19. The zero-order chi connectivity index (χ0) is 18.8. The summed E-state index contributed by atoms with van der Waals surface area (Å²) in [6.45, 7) is 2.18. The number of para-hydroxylation sites is 1. The highest BCUT2D eigenvalue weighted by Crippen LogP contribution is 2.38. The van der Waals surface area contributed by atoms with Gasteiger partial charge in [0.2, 0.25) is 11.9 Å². The lowest BCUT2D eigenvalue weighted by Gasteiger charge is -2.28. The highest BCUT2D eigenvalue weighted by molar-refractivity contribution is 5.95. The number of carbonyl (C=O) groups excluding carboxylic acids is 1. The summed E-state index contributed by atoms with van der Waals surface area (Å²) in [6, 6.07) is 16.8. The molecule has 1 aliphatic heterocycles. The number of rotatable bonds is 5. The largest absolute Gasteiger partial charge is 0.489 e. The van der Waals surface area contributed by atoms with Crippen molar-refractivity contribution in [3.05, 3.63) is 77.0 Å². The number of nitrogens with zero attached hydrogens (tertiary/aromatic N) is 4. The van der Waals surface area contributed by atoms with Crippen molar-refractivity contribution in [3.63, 3.8) is 0 Å². The first-order valence-electron chi connectivity index (χ1n) is 8.46. The number of ether oxygens (including phenoxy) is 1. The third-order valence-corrected chi connectivity index (χ3v) is 4.43. The van der Waals surface area contributed by atoms with E-state index in [4.69, 9.17) is 10.5 Å². The van der Waals surface area contributed by atoms with Gasteiger partial charge in [-0.1, -0.05) is 53.6 Å². The van der Waals surface area contributed by atoms with Crippen LogP contribution in [0.5, 0.6) is 5.75 Å². The second-order valence-electron chi connectivity index (χ2n) is 6.19. The molecule has 0 radical (unpaired) electrons. The van der Waals surface area contributed by atoms with Crippen LogP contribution in [-0.2, 0) is 11.4 Å². The molecule has 0 spiro atoms. The number of fused-ring (bicyclic) bond motifs is 1. The van der Waals surface area contributed by atoms with Crippen molar-refractivity contribution in [2.45, 2.75) is 19.6 Å². The highest BCUT2D eigenvalue weighted by atomic mass is 16.5. The molecular weight excluding hydrogens is 344 g/mol. The summed E-state index contributed by atoms with van der Waals surface area (Å²) in [5.41, 5.74) is 8.48. The first kappa shape index (κ1) is 16.8. The molecule has 0 saturated carbocycles. The summed E-state index contributed by atoms with van der Waals surface area (Å²) >= 11 is 0. The predicted octanol–water partition coefficient (Wildman–Crippen LogP) is 2.03. The maximum atomic E-state index is 12.2. The summed E-state index contributed by atoms with van der Waals surface area (Å²) in [7, 11) is 0. The van der Waals surface area contributed by atoms with Crippen molar-refractivity contribution in [2.75, 3.05) is 5.32 Å². The van der Waals surface area contributed by atoms with E-state index < -0.39 is 11.9 Å². The fraction of sp³-hybridized carbons (Fsp3) is 0.158. The second-order valence-corrected chi connectivity index (χ2v) is 6.19. The normalized spacial score (nSPS) is 15.8. The van der Waals surface area contributed by atoms with Crippen molar-refractivity contribution < 1.29 is 9.53 Å². The Bertz CT molecular complexity index is 1010. The minimum atomic E-state index is -0.569. The van der Waals surface area contributed by atoms with Crippen LogP contribution in [0.15, 0.2) is 65.9 Å². The van der Waals surface area contributed by atoms with E-state index in [1.54, 1.807) is 6.92 Å². The molecule has 2 heterocycles. The number of nitrogens with two attached hydrogens (primary N) is 1. The number of tetrazole rings is 1. The maximum Gasteiger partial charge on any atom is 0.248 e. The Labute approximate surface area is 155 Å². The molecule has 3 N–H and O–H groups in total. The van der Waals surface area contributed by atoms with Crippen molar-refractivity contribution in [2.24, 2.45) is 5.73 Å². The molecule has 8 heteroatoms. The van der Waals surface area contributed by atoms with Gasteiger partial charge in [-0.15, -0.1) is 0 Å². The standard InChI is InChI=1S/C19H18N6O2/c1-12-16(18(20)26)17(25-19(21-12)22-23-24-25)14-9-5-6-10-15(14)27-11-13-7-3-2-4-8-13/h2-10,17H,11H2,1H3,(H2,20,26)(H,21,22,24)/t17-/m1/s1. The number of benzene rings is 2. The molecule has 8 nitrogen and oxygen atoms in total. The lowest BCUT2D eigenvalue weighted by atomic mass is 9.94. The van der Waals surface area contributed by atoms with Crippen LogP contribution in [0.1, 0.15) is 24.1 Å². The van der Waals surface area contributed by atoms with Crippen LogP contribution < -0.4 is 15.8 Å². The fourth-order valence-electron chi connectivity index (χ4n) is 3.19. The van der Waals surface area contributed by atoms with Crippen LogP contribution in [-0.4, -0.2) is 26.1 Å². The van der Waals surface area contributed by atoms with Crippen molar-refractivity contribution in [1.82, 2.24) is 20.2 Å². The lowest BCUT2D eigenvalue weighted by Crippen LogP contribution is -2.32. The van der Waals surface area contributed by atoms with Crippen LogP contribution >= 0.6 is 0 Å². The molecular formula is C19H18N6O2. The van der Waals surface area contributed by atoms with Gasteiger partial charge in [-0.2, -0.15) is 4.68 Å². The minimum absolute atomic E-state index is 0.394. The molecule has 1 aromatic heterocycles. The van der Waals surface area contributed by atoms with E-state index in [1.807, 2.05) is 54.6 Å². The molecule has 4 rings (SSSR count). The summed E-state index contributed by atoms with van der Waals surface area (Å²) < 4.78 is 7.59. The van der Waals surface area contributed by atoms with Gasteiger partial charge >= 0.3 is 0 Å². The Hall–Kier alpha value is -3.68. The number of carbonyl (C=O) groups is 1. The zero-order valence-electron chi connectivity index (χ0n) is 14.7. The van der Waals surface area contributed by atoms with Gasteiger partial charge in [0, 0.05) is 11.3 Å². The van der Waals surface area contributed by atoms with Gasteiger partial charge < -0.3 is 15.8 Å². The maximum absolute atomic E-state index is 12.2. The number of amides is 1. The van der Waals surface area contributed by atoms with Crippen LogP contribution in [0.25, 0.3) is 0 Å². The molecule has 0 unspecified atom stereocenters. The quantitative estimate of drug-likeness (QED) is 0.719. The molecule has 0 fully saturated rings. The Kier molecular flexibility index (Phi) is 4.29. The molecule has 0 aliphatic carbocycles. The average Bonchev–Trinajstić information content (AvgIpc) is 3.14. The number of hydrogen-bond donors (Lipinski definition) is 2. The second kappa shape index (κ2) is 6.91. The molecule has 0 bridgehead atoms. The Morgan fingerprint density at radius 2 is 1.93 bits per heavy atom. The highest BCUT2D eigenvalue weighted by Gasteiger charge is 2.34. The van der Waals surface area contributed by atoms with E-state index in [2.05, 4.69) is 20.8 Å². The van der Waals surface area contributed by atoms with Gasteiger partial charge in [-0.25, -0.2) is 0 Å². The first-order valence-corrected chi connectivity index (χ1v) is 8.46. The molecule has 3 aromatic rings. The number of allylic oxidation sites excluding steroid dienone is 1. The molecule has 27 heavy (non-hydrogen) atoms. The van der Waals surface area contributed by atoms with Crippen molar-refractivity contribution >= 4 is 11.9 Å². The number of nitrogens with one attached hydrogen (secondary N) is 1. The lowest BCUT2D eigenvalue weighted by molar-refractivity contribution is -0.115. The smallest absolute Gasteiger partial charge is 0.248 e. The third kappa shape index (κ3) is 3.12. The Morgan fingerprint density at radius 3 is 2.70 bits per heavy atom. The summed E-state index contributed by atoms with van der Waals surface area (Å²) in [4.78, 5) is 12.2. The number of aromatic nitrogens is 4. The molecule has 136 valence electrons. The van der Waals surface area contributed by atoms with Gasteiger partial charge in [0.15, 0.2) is 0 Å². The minimum Gasteiger partial charge on any atom is -0.489 e. The Morgan fingerprint density at radius 1 is 1.19 bits per heavy atom. The molecule has 0 saturated heterocycles. The van der Waals surface area contributed by atoms with Gasteiger partial charge in [-0.05, 0) is 29.0 Å². The van der Waals surface area contributed by atoms with E-state index in [1.165, 1.54) is 4.68 Å². The average molecular weight is 362 g/mol. The summed E-state index contributed by atoms with van der Waals surface area (Å²) in [6.07, 6.45) is 0. The van der Waals surface area contributed by atoms with Gasteiger partial charge in [-0.3, -0.25) is 4.79 Å². The van der Waals surface area contributed by atoms with Gasteiger partial charge in [0.25, 0.3) is 0 Å². The van der Waals surface area contributed by atoms with Crippen LogP contribution in [0.3, 0.4) is 0 Å². The summed E-state index contributed by atoms with van der Waals surface area (Å²) in [5.74, 6) is 0.547. The molecule has 1 atom stereocenters. The topological polar surface area (TPSA) is 108 Å². The van der Waals surface area contributed by atoms with Crippen LogP contribution in [0.2, 0.25) is 0 Å².